The summed E-state index contributed by atoms with van der Waals surface area (Å²) in [4.78, 5) is 29.2. The molecule has 2 amide bonds. The summed E-state index contributed by atoms with van der Waals surface area (Å²) in [7, 11) is 0. The van der Waals surface area contributed by atoms with E-state index in [2.05, 4.69) is 6.92 Å². The van der Waals surface area contributed by atoms with Crippen molar-refractivity contribution in [3.05, 3.63) is 33.8 Å². The topological polar surface area (TPSA) is 40.6 Å². The number of carbonyl (C=O) groups is 2. The van der Waals surface area contributed by atoms with Crippen LogP contribution in [0, 0.1) is 11.8 Å². The van der Waals surface area contributed by atoms with Crippen molar-refractivity contribution in [2.75, 3.05) is 31.9 Å². The van der Waals surface area contributed by atoms with Crippen molar-refractivity contribution in [2.45, 2.75) is 38.4 Å². The number of carbonyl (C=O) groups excluding carboxylic acids is 2. The third-order valence-electron chi connectivity index (χ3n) is 5.64. The molecule has 0 bridgehead atoms. The number of benzene rings is 1. The number of piperidine rings is 2. The van der Waals surface area contributed by atoms with Gasteiger partial charge in [0.15, 0.2) is 0 Å². The fourth-order valence-corrected chi connectivity index (χ4v) is 5.20. The maximum Gasteiger partial charge on any atom is 0.232 e. The lowest BCUT2D eigenvalue weighted by atomic mass is 9.93. The highest BCUT2D eigenvalue weighted by molar-refractivity contribution is 7.99. The third-order valence-corrected chi connectivity index (χ3v) is 7.37. The predicted octanol–water partition coefficient (Wildman–Crippen LogP) is 4.72. The molecule has 1 unspecified atom stereocenters. The van der Waals surface area contributed by atoms with E-state index in [1.165, 1.54) is 6.42 Å². The second-order valence-electron chi connectivity index (χ2n) is 7.93. The molecule has 1 aromatic carbocycles. The van der Waals surface area contributed by atoms with E-state index in [-0.39, 0.29) is 11.8 Å². The summed E-state index contributed by atoms with van der Waals surface area (Å²) < 4.78 is 0. The monoisotopic (exact) mass is 442 g/mol. The zero-order valence-corrected chi connectivity index (χ0v) is 18.7. The molecule has 0 aromatic heterocycles. The minimum Gasteiger partial charge on any atom is -0.342 e. The molecule has 0 N–H and O–H groups in total. The molecule has 7 heteroatoms. The summed E-state index contributed by atoms with van der Waals surface area (Å²) in [5.74, 6) is 2.31. The first-order valence-corrected chi connectivity index (χ1v) is 11.9. The summed E-state index contributed by atoms with van der Waals surface area (Å²) in [6.45, 7) is 5.38. The van der Waals surface area contributed by atoms with Gasteiger partial charge in [0, 0.05) is 37.8 Å². The maximum absolute atomic E-state index is 12.8. The zero-order valence-electron chi connectivity index (χ0n) is 16.3. The van der Waals surface area contributed by atoms with Crippen molar-refractivity contribution in [3.63, 3.8) is 0 Å². The second-order valence-corrected chi connectivity index (χ2v) is 9.73. The van der Waals surface area contributed by atoms with Crippen LogP contribution in [0.15, 0.2) is 18.2 Å². The Morgan fingerprint density at radius 2 is 1.82 bits per heavy atom. The molecule has 0 spiro atoms. The molecule has 0 saturated carbocycles. The van der Waals surface area contributed by atoms with Gasteiger partial charge >= 0.3 is 0 Å². The lowest BCUT2D eigenvalue weighted by molar-refractivity contribution is -0.141. The zero-order chi connectivity index (χ0) is 20.1. The molecule has 1 aromatic rings. The quantitative estimate of drug-likeness (QED) is 0.661. The average molecular weight is 443 g/mol. The van der Waals surface area contributed by atoms with Crippen LogP contribution in [0.3, 0.4) is 0 Å². The molecule has 154 valence electrons. The van der Waals surface area contributed by atoms with Crippen LogP contribution in [-0.2, 0) is 15.3 Å². The minimum absolute atomic E-state index is 0.0817. The first kappa shape index (κ1) is 21.8. The second kappa shape index (κ2) is 10.2. The molecule has 1 atom stereocenters. The number of halogens is 2. The van der Waals surface area contributed by atoms with Crippen molar-refractivity contribution >= 4 is 46.8 Å². The van der Waals surface area contributed by atoms with E-state index in [0.29, 0.717) is 40.7 Å². The van der Waals surface area contributed by atoms with Crippen molar-refractivity contribution in [2.24, 2.45) is 11.8 Å². The fraction of sp³-hybridized carbons (Fsp3) is 0.619. The van der Waals surface area contributed by atoms with Gasteiger partial charge in [0.2, 0.25) is 11.8 Å². The first-order valence-electron chi connectivity index (χ1n) is 10.0. The molecule has 2 aliphatic rings. The molecule has 28 heavy (non-hydrogen) atoms. The number of hydrogen-bond acceptors (Lipinski definition) is 3. The van der Waals surface area contributed by atoms with Crippen LogP contribution in [0.2, 0.25) is 10.0 Å². The van der Waals surface area contributed by atoms with Gasteiger partial charge in [-0.05, 0) is 49.3 Å². The molecular weight excluding hydrogens is 415 g/mol. The molecule has 2 heterocycles. The van der Waals surface area contributed by atoms with Gasteiger partial charge in [0.1, 0.15) is 0 Å². The summed E-state index contributed by atoms with van der Waals surface area (Å²) in [6, 6.07) is 5.57. The van der Waals surface area contributed by atoms with E-state index >= 15 is 0 Å². The summed E-state index contributed by atoms with van der Waals surface area (Å²) in [6.07, 6.45) is 3.90. The van der Waals surface area contributed by atoms with E-state index in [0.717, 1.165) is 43.7 Å². The molecule has 2 aliphatic heterocycles. The van der Waals surface area contributed by atoms with Crippen LogP contribution in [-0.4, -0.2) is 53.5 Å². The van der Waals surface area contributed by atoms with Gasteiger partial charge in [-0.2, -0.15) is 0 Å². The summed E-state index contributed by atoms with van der Waals surface area (Å²) in [5.41, 5.74) is 1.06. The van der Waals surface area contributed by atoms with Gasteiger partial charge in [-0.1, -0.05) is 36.2 Å². The Labute approximate surface area is 181 Å². The SMILES string of the molecule is CC1CCCN(C(=O)C2CCN(C(=O)CSCc3ccc(Cl)c(Cl)c3)CC2)C1. The van der Waals surface area contributed by atoms with Crippen LogP contribution in [0.4, 0.5) is 0 Å². The van der Waals surface area contributed by atoms with Crippen molar-refractivity contribution in [1.82, 2.24) is 9.80 Å². The number of thioether (sulfide) groups is 1. The Morgan fingerprint density at radius 1 is 1.07 bits per heavy atom. The van der Waals surface area contributed by atoms with E-state index in [1.54, 1.807) is 17.8 Å². The summed E-state index contributed by atoms with van der Waals surface area (Å²) >= 11 is 13.5. The van der Waals surface area contributed by atoms with Crippen LogP contribution in [0.1, 0.15) is 38.2 Å². The Bertz CT molecular complexity index is 708. The number of rotatable bonds is 5. The molecular formula is C21H28Cl2N2O2S. The average Bonchev–Trinajstić information content (AvgIpc) is 2.70. The molecule has 4 nitrogen and oxygen atoms in total. The predicted molar refractivity (Wildman–Crippen MR) is 117 cm³/mol. The van der Waals surface area contributed by atoms with Crippen LogP contribution in [0.5, 0.6) is 0 Å². The van der Waals surface area contributed by atoms with E-state index in [9.17, 15) is 9.59 Å². The molecule has 0 aliphatic carbocycles. The standard InChI is InChI=1S/C21H28Cl2N2O2S/c1-15-3-2-8-25(12-15)21(27)17-6-9-24(10-7-17)20(26)14-28-13-16-4-5-18(22)19(23)11-16/h4-5,11,15,17H,2-3,6-10,12-14H2,1H3. The number of likely N-dealkylation sites (tertiary alicyclic amines) is 2. The van der Waals surface area contributed by atoms with Crippen LogP contribution >= 0.6 is 35.0 Å². The summed E-state index contributed by atoms with van der Waals surface area (Å²) in [5, 5.41) is 1.09. The normalized spacial score (nSPS) is 21.0. The van der Waals surface area contributed by atoms with Gasteiger partial charge in [0.05, 0.1) is 15.8 Å². The molecule has 3 rings (SSSR count). The Kier molecular flexibility index (Phi) is 7.95. The Balaban J connectivity index is 1.39. The number of amides is 2. The van der Waals surface area contributed by atoms with Gasteiger partial charge in [-0.15, -0.1) is 11.8 Å². The number of hydrogen-bond donors (Lipinski definition) is 0. The highest BCUT2D eigenvalue weighted by Crippen LogP contribution is 2.26. The van der Waals surface area contributed by atoms with E-state index in [4.69, 9.17) is 23.2 Å². The van der Waals surface area contributed by atoms with Gasteiger partial charge < -0.3 is 9.80 Å². The number of nitrogens with zero attached hydrogens (tertiary/aromatic N) is 2. The Morgan fingerprint density at radius 3 is 2.50 bits per heavy atom. The van der Waals surface area contributed by atoms with Gasteiger partial charge in [-0.3, -0.25) is 9.59 Å². The van der Waals surface area contributed by atoms with Crippen molar-refractivity contribution < 1.29 is 9.59 Å². The van der Waals surface area contributed by atoms with Gasteiger partial charge in [0.25, 0.3) is 0 Å². The largest absolute Gasteiger partial charge is 0.342 e. The van der Waals surface area contributed by atoms with Crippen LogP contribution < -0.4 is 0 Å². The lowest BCUT2D eigenvalue weighted by Gasteiger charge is -2.37. The van der Waals surface area contributed by atoms with Gasteiger partial charge in [-0.25, -0.2) is 0 Å². The van der Waals surface area contributed by atoms with Crippen molar-refractivity contribution in [1.29, 1.82) is 0 Å². The molecule has 0 radical (unpaired) electrons. The van der Waals surface area contributed by atoms with E-state index < -0.39 is 0 Å². The molecule has 2 saturated heterocycles. The third kappa shape index (κ3) is 5.80. The molecule has 2 fully saturated rings. The first-order chi connectivity index (χ1) is 13.4. The highest BCUT2D eigenvalue weighted by atomic mass is 35.5. The van der Waals surface area contributed by atoms with Crippen LogP contribution in [0.25, 0.3) is 0 Å². The lowest BCUT2D eigenvalue weighted by Crippen LogP contribution is -2.47. The minimum atomic E-state index is 0.0817. The fourth-order valence-electron chi connectivity index (χ4n) is 4.00. The Hall–Kier alpha value is -0.910. The van der Waals surface area contributed by atoms with Crippen molar-refractivity contribution in [3.8, 4) is 0 Å². The van der Waals surface area contributed by atoms with E-state index in [1.807, 2.05) is 21.9 Å². The highest BCUT2D eigenvalue weighted by Gasteiger charge is 2.31. The smallest absolute Gasteiger partial charge is 0.232 e. The maximum atomic E-state index is 12.8.